The summed E-state index contributed by atoms with van der Waals surface area (Å²) >= 11 is 6.09. The number of nitrogens with one attached hydrogen (secondary N) is 2. The zero-order valence-electron chi connectivity index (χ0n) is 14.0. The number of carbonyl (C=O) groups excluding carboxylic acids is 1. The van der Waals surface area contributed by atoms with Gasteiger partial charge in [0.15, 0.2) is 0 Å². The molecule has 1 aromatic carbocycles. The number of amides is 2. The van der Waals surface area contributed by atoms with E-state index in [1.165, 1.54) is 57.8 Å². The first kappa shape index (κ1) is 18.1. The van der Waals surface area contributed by atoms with Crippen LogP contribution in [0.2, 0.25) is 5.02 Å². The second-order valence-corrected chi connectivity index (χ2v) is 6.94. The number of benzene rings is 1. The third kappa shape index (κ3) is 7.26. The summed E-state index contributed by atoms with van der Waals surface area (Å²) in [5, 5.41) is 6.57. The molecule has 0 aliphatic heterocycles. The van der Waals surface area contributed by atoms with Gasteiger partial charge in [0.1, 0.15) is 0 Å². The Morgan fingerprint density at radius 3 is 1.96 bits per heavy atom. The van der Waals surface area contributed by atoms with Crippen LogP contribution in [0.5, 0.6) is 0 Å². The van der Waals surface area contributed by atoms with Gasteiger partial charge in [-0.05, 0) is 25.0 Å². The highest BCUT2D eigenvalue weighted by Gasteiger charge is 2.13. The zero-order chi connectivity index (χ0) is 16.3. The molecule has 0 spiro atoms. The van der Waals surface area contributed by atoms with Crippen LogP contribution < -0.4 is 10.6 Å². The van der Waals surface area contributed by atoms with Gasteiger partial charge in [0.05, 0.1) is 10.7 Å². The van der Waals surface area contributed by atoms with Crippen LogP contribution in [0, 0.1) is 0 Å². The molecule has 0 saturated heterocycles. The Bertz CT molecular complexity index is 466. The molecule has 4 heteroatoms. The molecule has 0 radical (unpaired) electrons. The van der Waals surface area contributed by atoms with E-state index in [1.54, 1.807) is 6.07 Å². The van der Waals surface area contributed by atoms with E-state index in [9.17, 15) is 4.79 Å². The lowest BCUT2D eigenvalue weighted by molar-refractivity contribution is 0.246. The highest BCUT2D eigenvalue weighted by atomic mass is 35.5. The van der Waals surface area contributed by atoms with E-state index in [4.69, 9.17) is 11.6 Å². The van der Waals surface area contributed by atoms with Gasteiger partial charge in [-0.1, -0.05) is 81.5 Å². The van der Waals surface area contributed by atoms with E-state index in [-0.39, 0.29) is 12.1 Å². The predicted octanol–water partition coefficient (Wildman–Crippen LogP) is 6.13. The van der Waals surface area contributed by atoms with Crippen molar-refractivity contribution >= 4 is 23.3 Å². The van der Waals surface area contributed by atoms with E-state index in [0.29, 0.717) is 10.7 Å². The standard InChI is InChI=1S/C19H29ClN2O/c20-17-14-10-11-15-18(17)22-19(23)21-16-12-8-6-4-2-1-3-5-7-9-13-16/h10-11,14-16H,1-9,12-13H2,(H2,21,22,23). The molecule has 1 saturated carbocycles. The number of urea groups is 1. The van der Waals surface area contributed by atoms with Crippen LogP contribution in [0.3, 0.4) is 0 Å². The SMILES string of the molecule is O=C(Nc1ccccc1Cl)NC1CCCCCCCCCCC1. The number of anilines is 1. The lowest BCUT2D eigenvalue weighted by Crippen LogP contribution is -2.38. The average molecular weight is 337 g/mol. The molecule has 0 atom stereocenters. The molecule has 0 aromatic heterocycles. The number of halogens is 1. The van der Waals surface area contributed by atoms with Crippen molar-refractivity contribution in [3.8, 4) is 0 Å². The molecule has 0 unspecified atom stereocenters. The van der Waals surface area contributed by atoms with Gasteiger partial charge in [0, 0.05) is 6.04 Å². The Hall–Kier alpha value is -1.22. The van der Waals surface area contributed by atoms with E-state index >= 15 is 0 Å². The Morgan fingerprint density at radius 1 is 0.870 bits per heavy atom. The van der Waals surface area contributed by atoms with Crippen molar-refractivity contribution in [2.45, 2.75) is 76.7 Å². The van der Waals surface area contributed by atoms with Gasteiger partial charge < -0.3 is 10.6 Å². The lowest BCUT2D eigenvalue weighted by Gasteiger charge is -2.20. The van der Waals surface area contributed by atoms with Gasteiger partial charge in [-0.15, -0.1) is 0 Å². The Kier molecular flexibility index (Phi) is 8.30. The van der Waals surface area contributed by atoms with Crippen LogP contribution in [-0.2, 0) is 0 Å². The minimum atomic E-state index is -0.143. The molecule has 0 heterocycles. The van der Waals surface area contributed by atoms with Crippen LogP contribution in [0.1, 0.15) is 70.6 Å². The van der Waals surface area contributed by atoms with Crippen LogP contribution in [0.4, 0.5) is 10.5 Å². The summed E-state index contributed by atoms with van der Waals surface area (Å²) in [7, 11) is 0. The predicted molar refractivity (Wildman–Crippen MR) is 98.2 cm³/mol. The Labute approximate surface area is 145 Å². The monoisotopic (exact) mass is 336 g/mol. The van der Waals surface area contributed by atoms with Crippen molar-refractivity contribution in [2.24, 2.45) is 0 Å². The van der Waals surface area contributed by atoms with E-state index in [0.717, 1.165) is 12.8 Å². The van der Waals surface area contributed by atoms with Crippen molar-refractivity contribution in [3.05, 3.63) is 29.3 Å². The van der Waals surface area contributed by atoms with Gasteiger partial charge in [0.25, 0.3) is 0 Å². The fourth-order valence-electron chi connectivity index (χ4n) is 3.21. The second kappa shape index (κ2) is 10.5. The number of hydrogen-bond donors (Lipinski definition) is 2. The van der Waals surface area contributed by atoms with Gasteiger partial charge in [-0.3, -0.25) is 0 Å². The summed E-state index contributed by atoms with van der Waals surface area (Å²) in [5.74, 6) is 0. The first-order valence-corrected chi connectivity index (χ1v) is 9.45. The van der Waals surface area contributed by atoms with E-state index < -0.39 is 0 Å². The first-order valence-electron chi connectivity index (χ1n) is 9.08. The average Bonchev–Trinajstić information content (AvgIpc) is 2.52. The van der Waals surface area contributed by atoms with Crippen molar-refractivity contribution in [3.63, 3.8) is 0 Å². The van der Waals surface area contributed by atoms with Crippen LogP contribution in [-0.4, -0.2) is 12.1 Å². The summed E-state index contributed by atoms with van der Waals surface area (Å²) in [5.41, 5.74) is 0.667. The molecule has 23 heavy (non-hydrogen) atoms. The number of rotatable bonds is 2. The van der Waals surface area contributed by atoms with Gasteiger partial charge in [0.2, 0.25) is 0 Å². The zero-order valence-corrected chi connectivity index (χ0v) is 14.7. The van der Waals surface area contributed by atoms with Gasteiger partial charge in [-0.2, -0.15) is 0 Å². The lowest BCUT2D eigenvalue weighted by atomic mass is 9.98. The summed E-state index contributed by atoms with van der Waals surface area (Å²) in [4.78, 5) is 12.2. The van der Waals surface area contributed by atoms with Crippen LogP contribution >= 0.6 is 11.6 Å². The largest absolute Gasteiger partial charge is 0.335 e. The molecule has 2 N–H and O–H groups in total. The van der Waals surface area contributed by atoms with E-state index in [2.05, 4.69) is 10.6 Å². The maximum absolute atomic E-state index is 12.2. The molecule has 0 bridgehead atoms. The normalized spacial score (nSPS) is 18.5. The number of para-hydroxylation sites is 1. The van der Waals surface area contributed by atoms with Crippen LogP contribution in [0.15, 0.2) is 24.3 Å². The molecule has 1 aliphatic carbocycles. The third-order valence-electron chi connectivity index (χ3n) is 4.56. The highest BCUT2D eigenvalue weighted by molar-refractivity contribution is 6.33. The molecular weight excluding hydrogens is 308 g/mol. The van der Waals surface area contributed by atoms with Crippen molar-refractivity contribution in [2.75, 3.05) is 5.32 Å². The minimum absolute atomic E-state index is 0.143. The smallest absolute Gasteiger partial charge is 0.319 e. The maximum atomic E-state index is 12.2. The molecule has 128 valence electrons. The second-order valence-electron chi connectivity index (χ2n) is 6.53. The van der Waals surface area contributed by atoms with Crippen LogP contribution in [0.25, 0.3) is 0 Å². The Morgan fingerprint density at radius 2 is 1.39 bits per heavy atom. The number of hydrogen-bond acceptors (Lipinski definition) is 1. The summed E-state index contributed by atoms with van der Waals surface area (Å²) in [6.07, 6.45) is 13.9. The Balaban J connectivity index is 1.82. The van der Waals surface area contributed by atoms with Gasteiger partial charge >= 0.3 is 6.03 Å². The molecular formula is C19H29ClN2O. The quantitative estimate of drug-likeness (QED) is 0.669. The minimum Gasteiger partial charge on any atom is -0.335 e. The topological polar surface area (TPSA) is 41.1 Å². The maximum Gasteiger partial charge on any atom is 0.319 e. The molecule has 2 rings (SSSR count). The van der Waals surface area contributed by atoms with Crippen molar-refractivity contribution < 1.29 is 4.79 Å². The summed E-state index contributed by atoms with van der Waals surface area (Å²) in [6.45, 7) is 0. The summed E-state index contributed by atoms with van der Waals surface area (Å²) < 4.78 is 0. The van der Waals surface area contributed by atoms with Gasteiger partial charge in [-0.25, -0.2) is 4.79 Å². The third-order valence-corrected chi connectivity index (χ3v) is 4.89. The summed E-state index contributed by atoms with van der Waals surface area (Å²) in [6, 6.07) is 7.47. The number of carbonyl (C=O) groups is 1. The first-order chi connectivity index (χ1) is 11.3. The highest BCUT2D eigenvalue weighted by Crippen LogP contribution is 2.21. The fraction of sp³-hybridized carbons (Fsp3) is 0.632. The molecule has 3 nitrogen and oxygen atoms in total. The van der Waals surface area contributed by atoms with E-state index in [1.807, 2.05) is 18.2 Å². The molecule has 1 aliphatic rings. The fourth-order valence-corrected chi connectivity index (χ4v) is 3.40. The molecule has 1 aromatic rings. The molecule has 1 fully saturated rings. The van der Waals surface area contributed by atoms with Crippen molar-refractivity contribution in [1.29, 1.82) is 0 Å². The molecule has 2 amide bonds. The van der Waals surface area contributed by atoms with Crippen molar-refractivity contribution in [1.82, 2.24) is 5.32 Å².